The minimum atomic E-state index is -4.63. The van der Waals surface area contributed by atoms with Crippen LogP contribution in [-0.4, -0.2) is 38.4 Å². The first-order valence-corrected chi connectivity index (χ1v) is 7.71. The Labute approximate surface area is 147 Å². The van der Waals surface area contributed by atoms with Crippen LogP contribution in [-0.2, 0) is 15.7 Å². The summed E-state index contributed by atoms with van der Waals surface area (Å²) >= 11 is 0. The van der Waals surface area contributed by atoms with Crippen molar-refractivity contribution < 1.29 is 27.4 Å². The number of aromatic nitrogens is 4. The van der Waals surface area contributed by atoms with Crippen LogP contribution in [0.2, 0.25) is 0 Å². The normalized spacial score (nSPS) is 12.0. The lowest BCUT2D eigenvalue weighted by Crippen LogP contribution is -2.10. The van der Waals surface area contributed by atoms with Crippen molar-refractivity contribution in [2.75, 3.05) is 6.61 Å². The Morgan fingerprint density at radius 3 is 2.69 bits per heavy atom. The summed E-state index contributed by atoms with van der Waals surface area (Å²) in [5.74, 6) is -0.718. The highest BCUT2D eigenvalue weighted by atomic mass is 19.4. The molecule has 0 fully saturated rings. The molecule has 0 aliphatic carbocycles. The molecule has 0 N–H and O–H groups in total. The average molecular weight is 370 g/mol. The molecule has 0 spiro atoms. The van der Waals surface area contributed by atoms with E-state index < -0.39 is 17.8 Å². The van der Waals surface area contributed by atoms with E-state index in [4.69, 9.17) is 9.47 Å². The zero-order chi connectivity index (χ0) is 19.3. The van der Waals surface area contributed by atoms with Crippen molar-refractivity contribution in [3.05, 3.63) is 30.2 Å². The van der Waals surface area contributed by atoms with Gasteiger partial charge in [-0.1, -0.05) is 0 Å². The number of hydrogen-bond acceptors (Lipinski definition) is 6. The highest BCUT2D eigenvalue weighted by Gasteiger charge is 2.34. The molecule has 7 nitrogen and oxygen atoms in total. The number of pyridine rings is 1. The summed E-state index contributed by atoms with van der Waals surface area (Å²) in [6.07, 6.45) is -1.23. The second-order valence-electron chi connectivity index (χ2n) is 5.36. The predicted molar refractivity (Wildman–Crippen MR) is 86.0 cm³/mol. The molecule has 0 unspecified atom stereocenters. The first-order valence-electron chi connectivity index (χ1n) is 7.71. The third-order valence-corrected chi connectivity index (χ3v) is 2.87. The summed E-state index contributed by atoms with van der Waals surface area (Å²) in [6, 6.07) is 2.15. The SMILES string of the molecule is CCOc1cc(-c2ncn(/C=C\C(=O)OC(C)C)n2)cc(C(F)(F)F)n1. The minimum absolute atomic E-state index is 0.0285. The molecule has 0 saturated heterocycles. The molecule has 2 rings (SSSR count). The Bertz CT molecular complexity index is 800. The maximum Gasteiger partial charge on any atom is 0.433 e. The highest BCUT2D eigenvalue weighted by Crippen LogP contribution is 2.32. The number of carbonyl (C=O) groups excluding carboxylic acids is 1. The van der Waals surface area contributed by atoms with Gasteiger partial charge in [-0.15, -0.1) is 5.10 Å². The fraction of sp³-hybridized carbons (Fsp3) is 0.375. The highest BCUT2D eigenvalue weighted by molar-refractivity contribution is 5.85. The van der Waals surface area contributed by atoms with E-state index >= 15 is 0 Å². The molecule has 0 aromatic carbocycles. The molecule has 0 saturated carbocycles. The molecule has 0 radical (unpaired) electrons. The van der Waals surface area contributed by atoms with Gasteiger partial charge >= 0.3 is 12.1 Å². The van der Waals surface area contributed by atoms with Crippen molar-refractivity contribution in [3.63, 3.8) is 0 Å². The molecular formula is C16H17F3N4O3. The van der Waals surface area contributed by atoms with E-state index in [9.17, 15) is 18.0 Å². The molecule has 0 aliphatic heterocycles. The maximum atomic E-state index is 13.0. The van der Waals surface area contributed by atoms with Gasteiger partial charge in [0, 0.05) is 23.9 Å². The fourth-order valence-electron chi connectivity index (χ4n) is 1.89. The molecule has 0 bridgehead atoms. The molecule has 140 valence electrons. The van der Waals surface area contributed by atoms with Crippen molar-refractivity contribution in [2.24, 2.45) is 0 Å². The number of nitrogens with zero attached hydrogens (tertiary/aromatic N) is 4. The predicted octanol–water partition coefficient (Wildman–Crippen LogP) is 3.18. The zero-order valence-electron chi connectivity index (χ0n) is 14.3. The van der Waals surface area contributed by atoms with E-state index in [0.29, 0.717) is 0 Å². The van der Waals surface area contributed by atoms with Gasteiger partial charge in [-0.3, -0.25) is 0 Å². The first kappa shape index (κ1) is 19.4. The molecular weight excluding hydrogens is 353 g/mol. The van der Waals surface area contributed by atoms with Crippen LogP contribution in [0.4, 0.5) is 13.2 Å². The first-order chi connectivity index (χ1) is 12.2. The molecule has 0 amide bonds. The van der Waals surface area contributed by atoms with E-state index in [-0.39, 0.29) is 30.0 Å². The zero-order valence-corrected chi connectivity index (χ0v) is 14.3. The third-order valence-electron chi connectivity index (χ3n) is 2.87. The van der Waals surface area contributed by atoms with Gasteiger partial charge in [0.15, 0.2) is 5.82 Å². The van der Waals surface area contributed by atoms with Gasteiger partial charge in [0.25, 0.3) is 0 Å². The summed E-state index contributed by atoms with van der Waals surface area (Å²) in [6.45, 7) is 5.21. The summed E-state index contributed by atoms with van der Waals surface area (Å²) in [7, 11) is 0. The largest absolute Gasteiger partial charge is 0.478 e. The summed E-state index contributed by atoms with van der Waals surface area (Å²) in [5.41, 5.74) is -1.02. The Morgan fingerprint density at radius 1 is 1.35 bits per heavy atom. The van der Waals surface area contributed by atoms with Crippen LogP contribution >= 0.6 is 0 Å². The van der Waals surface area contributed by atoms with Crippen LogP contribution < -0.4 is 4.74 Å². The number of rotatable bonds is 6. The fourth-order valence-corrected chi connectivity index (χ4v) is 1.89. The standard InChI is InChI=1S/C16H17F3N4O3/c1-4-25-13-8-11(7-12(21-13)16(17,18)19)15-20-9-23(22-15)6-5-14(24)26-10(2)3/h5-10H,4H2,1-3H3/b6-5-. The van der Waals surface area contributed by atoms with Crippen LogP contribution in [0.15, 0.2) is 24.5 Å². The number of halogens is 3. The number of esters is 1. The molecule has 2 heterocycles. The second-order valence-corrected chi connectivity index (χ2v) is 5.36. The number of carbonyl (C=O) groups is 1. The quantitative estimate of drug-likeness (QED) is 0.574. The maximum absolute atomic E-state index is 13.0. The minimum Gasteiger partial charge on any atom is -0.478 e. The van der Waals surface area contributed by atoms with Gasteiger partial charge in [-0.2, -0.15) is 13.2 Å². The lowest BCUT2D eigenvalue weighted by atomic mass is 10.2. The summed E-state index contributed by atoms with van der Waals surface area (Å²) in [5, 5.41) is 4.02. The molecule has 0 aliphatic rings. The van der Waals surface area contributed by atoms with Crippen LogP contribution in [0.1, 0.15) is 26.5 Å². The summed E-state index contributed by atoms with van der Waals surface area (Å²) in [4.78, 5) is 18.8. The molecule has 10 heteroatoms. The number of hydrogen-bond donors (Lipinski definition) is 0. The Morgan fingerprint density at radius 2 is 2.08 bits per heavy atom. The Kier molecular flexibility index (Phi) is 5.96. The topological polar surface area (TPSA) is 79.1 Å². The van der Waals surface area contributed by atoms with Gasteiger partial charge in [0.1, 0.15) is 12.0 Å². The van der Waals surface area contributed by atoms with Gasteiger partial charge < -0.3 is 9.47 Å². The smallest absolute Gasteiger partial charge is 0.433 e. The van der Waals surface area contributed by atoms with Crippen molar-refractivity contribution in [1.29, 1.82) is 0 Å². The van der Waals surface area contributed by atoms with Crippen molar-refractivity contribution >= 4 is 12.2 Å². The van der Waals surface area contributed by atoms with Crippen LogP contribution in [0.25, 0.3) is 17.6 Å². The van der Waals surface area contributed by atoms with E-state index in [2.05, 4.69) is 15.1 Å². The average Bonchev–Trinajstić information content (AvgIpc) is 3.00. The van der Waals surface area contributed by atoms with E-state index in [1.165, 1.54) is 23.3 Å². The number of ether oxygens (including phenoxy) is 2. The van der Waals surface area contributed by atoms with Crippen LogP contribution in [0.5, 0.6) is 5.88 Å². The third kappa shape index (κ3) is 5.30. The Balaban J connectivity index is 2.29. The van der Waals surface area contributed by atoms with Crippen molar-refractivity contribution in [1.82, 2.24) is 19.7 Å². The van der Waals surface area contributed by atoms with E-state index in [1.54, 1.807) is 20.8 Å². The summed E-state index contributed by atoms with van der Waals surface area (Å²) < 4.78 is 50.2. The Hall–Kier alpha value is -2.91. The van der Waals surface area contributed by atoms with E-state index in [1.807, 2.05) is 0 Å². The lowest BCUT2D eigenvalue weighted by Gasteiger charge is -2.10. The molecule has 2 aromatic heterocycles. The molecule has 2 aromatic rings. The van der Waals surface area contributed by atoms with Gasteiger partial charge in [0.2, 0.25) is 5.88 Å². The van der Waals surface area contributed by atoms with Crippen molar-refractivity contribution in [3.8, 4) is 17.3 Å². The van der Waals surface area contributed by atoms with Crippen molar-refractivity contribution in [2.45, 2.75) is 33.1 Å². The molecule has 26 heavy (non-hydrogen) atoms. The lowest BCUT2D eigenvalue weighted by molar-refractivity contribution is -0.142. The molecule has 0 atom stereocenters. The monoisotopic (exact) mass is 370 g/mol. The van der Waals surface area contributed by atoms with Gasteiger partial charge in [0.05, 0.1) is 12.7 Å². The van der Waals surface area contributed by atoms with Crippen LogP contribution in [0, 0.1) is 0 Å². The number of alkyl halides is 3. The van der Waals surface area contributed by atoms with Gasteiger partial charge in [-0.05, 0) is 26.8 Å². The van der Waals surface area contributed by atoms with E-state index in [0.717, 1.165) is 12.1 Å². The second kappa shape index (κ2) is 7.98. The van der Waals surface area contributed by atoms with Crippen LogP contribution in [0.3, 0.4) is 0 Å². The van der Waals surface area contributed by atoms with Gasteiger partial charge in [-0.25, -0.2) is 19.4 Å².